The quantitative estimate of drug-likeness (QED) is 0.490. The van der Waals surface area contributed by atoms with Crippen LogP contribution in [0.25, 0.3) is 10.9 Å². The van der Waals surface area contributed by atoms with Crippen LogP contribution in [0.2, 0.25) is 5.02 Å². The summed E-state index contributed by atoms with van der Waals surface area (Å²) < 4.78 is 5.30. The van der Waals surface area contributed by atoms with E-state index >= 15 is 0 Å². The number of ketones is 1. The Balaban J connectivity index is 1.15. The first-order valence-corrected chi connectivity index (χ1v) is 12.2. The maximum Gasteiger partial charge on any atom is 0.220 e. The maximum absolute atomic E-state index is 12.8. The number of anilines is 1. The number of nitrogens with zero attached hydrogens (tertiary/aromatic N) is 1. The molecule has 1 aromatic heterocycles. The fourth-order valence-corrected chi connectivity index (χ4v) is 5.41. The van der Waals surface area contributed by atoms with Crippen LogP contribution < -0.4 is 15.4 Å². The molecule has 5 rings (SSSR count). The zero-order valence-corrected chi connectivity index (χ0v) is 19.9. The SMILES string of the molecule is COc1ccc2c(c1)C(CC(=O)N[C@H]1CC[C@@H](Nc3ccnc4cc(Cl)ccc34)CC1)CC2=O. The summed E-state index contributed by atoms with van der Waals surface area (Å²) in [6, 6.07) is 13.8. The molecule has 7 heteroatoms. The first-order valence-electron chi connectivity index (χ1n) is 11.8. The van der Waals surface area contributed by atoms with Crippen LogP contribution in [0.4, 0.5) is 5.69 Å². The second-order valence-corrected chi connectivity index (χ2v) is 9.70. The van der Waals surface area contributed by atoms with Crippen molar-refractivity contribution in [3.63, 3.8) is 0 Å². The zero-order valence-electron chi connectivity index (χ0n) is 19.1. The molecule has 1 unspecified atom stereocenters. The third kappa shape index (κ3) is 4.73. The van der Waals surface area contributed by atoms with Crippen LogP contribution in [0.15, 0.2) is 48.7 Å². The molecule has 2 aliphatic rings. The maximum atomic E-state index is 12.8. The standard InChI is InChI=1S/C27H28ClN3O3/c1-34-20-7-9-21-23(15-20)16(12-26(21)32)13-27(33)31-19-5-3-18(4-6-19)30-24-10-11-29-25-14-17(28)2-8-22(24)25/h2,7-11,14-16,18-19H,3-6,12-13H2,1H3,(H,29,30)(H,31,33)/t16?,18-,19+. The molecule has 1 amide bonds. The Bertz CT molecular complexity index is 1240. The summed E-state index contributed by atoms with van der Waals surface area (Å²) in [5, 5.41) is 8.60. The van der Waals surface area contributed by atoms with Crippen molar-refractivity contribution in [3.8, 4) is 5.75 Å². The molecule has 0 aliphatic heterocycles. The molecule has 1 atom stereocenters. The molecular formula is C27H28ClN3O3. The number of hydrogen-bond acceptors (Lipinski definition) is 5. The minimum absolute atomic E-state index is 0.0156. The highest BCUT2D eigenvalue weighted by Crippen LogP contribution is 2.37. The molecule has 0 radical (unpaired) electrons. The summed E-state index contributed by atoms with van der Waals surface area (Å²) in [7, 11) is 1.61. The molecule has 34 heavy (non-hydrogen) atoms. The number of fused-ring (bicyclic) bond motifs is 2. The van der Waals surface area contributed by atoms with E-state index in [4.69, 9.17) is 16.3 Å². The highest BCUT2D eigenvalue weighted by Gasteiger charge is 2.32. The van der Waals surface area contributed by atoms with E-state index in [2.05, 4.69) is 15.6 Å². The van der Waals surface area contributed by atoms with E-state index < -0.39 is 0 Å². The number of hydrogen-bond donors (Lipinski definition) is 2. The van der Waals surface area contributed by atoms with Crippen molar-refractivity contribution in [1.82, 2.24) is 10.3 Å². The van der Waals surface area contributed by atoms with Crippen LogP contribution >= 0.6 is 11.6 Å². The van der Waals surface area contributed by atoms with E-state index in [0.717, 1.165) is 59.2 Å². The topological polar surface area (TPSA) is 80.3 Å². The van der Waals surface area contributed by atoms with Crippen molar-refractivity contribution in [3.05, 3.63) is 64.8 Å². The van der Waals surface area contributed by atoms with Crippen molar-refractivity contribution in [2.45, 2.75) is 56.5 Å². The lowest BCUT2D eigenvalue weighted by atomic mass is 9.90. The van der Waals surface area contributed by atoms with Gasteiger partial charge in [0.15, 0.2) is 5.78 Å². The minimum atomic E-state index is -0.0796. The minimum Gasteiger partial charge on any atom is -0.497 e. The van der Waals surface area contributed by atoms with Crippen molar-refractivity contribution >= 4 is 39.9 Å². The number of aromatic nitrogens is 1. The summed E-state index contributed by atoms with van der Waals surface area (Å²) in [5.41, 5.74) is 3.59. The fraction of sp³-hybridized carbons (Fsp3) is 0.370. The monoisotopic (exact) mass is 477 g/mol. The van der Waals surface area contributed by atoms with Gasteiger partial charge in [0.25, 0.3) is 0 Å². The third-order valence-electron chi connectivity index (χ3n) is 7.02. The average Bonchev–Trinajstić information content (AvgIpc) is 3.14. The van der Waals surface area contributed by atoms with E-state index in [0.29, 0.717) is 23.9 Å². The Hall–Kier alpha value is -3.12. The van der Waals surface area contributed by atoms with Gasteiger partial charge >= 0.3 is 0 Å². The van der Waals surface area contributed by atoms with E-state index in [1.54, 1.807) is 19.4 Å². The number of pyridine rings is 1. The van der Waals surface area contributed by atoms with Crippen LogP contribution in [0.5, 0.6) is 5.75 Å². The van der Waals surface area contributed by atoms with Gasteiger partial charge in [0.2, 0.25) is 5.91 Å². The zero-order chi connectivity index (χ0) is 23.7. The number of rotatable bonds is 6. The first kappa shape index (κ1) is 22.7. The summed E-state index contributed by atoms with van der Waals surface area (Å²) in [6.45, 7) is 0. The van der Waals surface area contributed by atoms with Gasteiger partial charge in [-0.3, -0.25) is 14.6 Å². The highest BCUT2D eigenvalue weighted by molar-refractivity contribution is 6.31. The van der Waals surface area contributed by atoms with Gasteiger partial charge in [-0.05, 0) is 73.7 Å². The number of halogens is 1. The molecule has 0 saturated heterocycles. The van der Waals surface area contributed by atoms with Crippen LogP contribution in [-0.2, 0) is 4.79 Å². The average molecular weight is 478 g/mol. The van der Waals surface area contributed by atoms with E-state index in [1.165, 1.54) is 0 Å². The van der Waals surface area contributed by atoms with Crippen LogP contribution in [0.1, 0.15) is 60.4 Å². The Kier molecular flexibility index (Phi) is 6.42. The van der Waals surface area contributed by atoms with E-state index in [9.17, 15) is 9.59 Å². The van der Waals surface area contributed by atoms with Crippen molar-refractivity contribution < 1.29 is 14.3 Å². The predicted octanol–water partition coefficient (Wildman–Crippen LogP) is 5.50. The lowest BCUT2D eigenvalue weighted by molar-refractivity contribution is -0.122. The van der Waals surface area contributed by atoms with Gasteiger partial charge in [0.1, 0.15) is 5.75 Å². The molecule has 0 bridgehead atoms. The van der Waals surface area contributed by atoms with Crippen LogP contribution in [-0.4, -0.2) is 35.9 Å². The molecule has 6 nitrogen and oxygen atoms in total. The lowest BCUT2D eigenvalue weighted by Gasteiger charge is -2.31. The number of carbonyl (C=O) groups excluding carboxylic acids is 2. The number of amides is 1. The van der Waals surface area contributed by atoms with Gasteiger partial charge in [-0.2, -0.15) is 0 Å². The number of methoxy groups -OCH3 is 1. The largest absolute Gasteiger partial charge is 0.497 e. The van der Waals surface area contributed by atoms with Gasteiger partial charge in [-0.15, -0.1) is 0 Å². The molecule has 2 aromatic carbocycles. The molecule has 176 valence electrons. The van der Waals surface area contributed by atoms with Crippen molar-refractivity contribution in [2.24, 2.45) is 0 Å². The Labute approximate surface area is 204 Å². The molecule has 1 fully saturated rings. The fourth-order valence-electron chi connectivity index (χ4n) is 5.24. The molecule has 1 heterocycles. The van der Waals surface area contributed by atoms with E-state index in [-0.39, 0.29) is 23.7 Å². The number of carbonyl (C=O) groups is 2. The summed E-state index contributed by atoms with van der Waals surface area (Å²) in [5.74, 6) is 0.758. The van der Waals surface area contributed by atoms with Gasteiger partial charge in [0, 0.05) is 58.7 Å². The predicted molar refractivity (Wildman–Crippen MR) is 134 cm³/mol. The van der Waals surface area contributed by atoms with Crippen LogP contribution in [0.3, 0.4) is 0 Å². The molecule has 2 aliphatic carbocycles. The number of Topliss-reactive ketones (excluding diaryl/α,β-unsaturated/α-hetero) is 1. The van der Waals surface area contributed by atoms with E-state index in [1.807, 2.05) is 36.4 Å². The molecule has 3 aromatic rings. The van der Waals surface area contributed by atoms with Gasteiger partial charge < -0.3 is 15.4 Å². The lowest BCUT2D eigenvalue weighted by Crippen LogP contribution is -2.40. The van der Waals surface area contributed by atoms with Crippen molar-refractivity contribution in [2.75, 3.05) is 12.4 Å². The van der Waals surface area contributed by atoms with Crippen molar-refractivity contribution in [1.29, 1.82) is 0 Å². The first-order chi connectivity index (χ1) is 16.5. The summed E-state index contributed by atoms with van der Waals surface area (Å²) in [6.07, 6.45) is 6.31. The summed E-state index contributed by atoms with van der Waals surface area (Å²) in [4.78, 5) is 29.6. The smallest absolute Gasteiger partial charge is 0.220 e. The number of ether oxygens (including phenoxy) is 1. The molecule has 0 spiro atoms. The van der Waals surface area contributed by atoms with Crippen LogP contribution in [0, 0.1) is 0 Å². The molecular weight excluding hydrogens is 450 g/mol. The molecule has 2 N–H and O–H groups in total. The normalized spacial score (nSPS) is 21.8. The Morgan fingerprint density at radius 2 is 1.88 bits per heavy atom. The Morgan fingerprint density at radius 1 is 1.09 bits per heavy atom. The number of benzene rings is 2. The number of nitrogens with one attached hydrogen (secondary N) is 2. The summed E-state index contributed by atoms with van der Waals surface area (Å²) >= 11 is 6.10. The second-order valence-electron chi connectivity index (χ2n) is 9.26. The van der Waals surface area contributed by atoms with Gasteiger partial charge in [-0.25, -0.2) is 0 Å². The molecule has 1 saturated carbocycles. The highest BCUT2D eigenvalue weighted by atomic mass is 35.5. The second kappa shape index (κ2) is 9.63. The third-order valence-corrected chi connectivity index (χ3v) is 7.25. The van der Waals surface area contributed by atoms with Gasteiger partial charge in [0.05, 0.1) is 12.6 Å². The Morgan fingerprint density at radius 3 is 2.68 bits per heavy atom. The van der Waals surface area contributed by atoms with Gasteiger partial charge in [-0.1, -0.05) is 11.6 Å².